The minimum absolute atomic E-state index is 0.0933. The van der Waals surface area contributed by atoms with Gasteiger partial charge in [-0.1, -0.05) is 31.5 Å². The Morgan fingerprint density at radius 1 is 1.10 bits per heavy atom. The zero-order valence-electron chi connectivity index (χ0n) is 22.0. The zero-order chi connectivity index (χ0) is 27.5. The van der Waals surface area contributed by atoms with Crippen LogP contribution in [0, 0.1) is 5.92 Å². The Hall–Kier alpha value is -3.88. The van der Waals surface area contributed by atoms with Crippen LogP contribution in [0.2, 0.25) is 5.02 Å². The number of rotatable bonds is 8. The molecule has 39 heavy (non-hydrogen) atoms. The van der Waals surface area contributed by atoms with Gasteiger partial charge in [-0.25, -0.2) is 0 Å². The van der Waals surface area contributed by atoms with Crippen LogP contribution in [0.25, 0.3) is 5.69 Å². The Balaban J connectivity index is 1.57. The molecule has 1 saturated heterocycles. The SMILES string of the molecule is CCOc1ccc(-n2cccc2[C@H]2[C@H](c3ccccn3)NC(=S)N2c2ccc(NC(=O)C(C)C)c(Cl)c2)cc1. The fraction of sp³-hybridized carbons (Fsp3) is 0.233. The molecule has 1 amide bonds. The van der Waals surface area contributed by atoms with E-state index in [1.807, 2.05) is 93.7 Å². The fourth-order valence-corrected chi connectivity index (χ4v) is 5.27. The second-order valence-electron chi connectivity index (χ2n) is 9.53. The van der Waals surface area contributed by atoms with Crippen molar-refractivity contribution in [3.05, 3.63) is 102 Å². The molecule has 0 bridgehead atoms. The lowest BCUT2D eigenvalue weighted by molar-refractivity contribution is -0.118. The van der Waals surface area contributed by atoms with Crippen molar-refractivity contribution in [2.24, 2.45) is 5.92 Å². The van der Waals surface area contributed by atoms with E-state index in [0.717, 1.165) is 28.5 Å². The van der Waals surface area contributed by atoms with Crippen molar-refractivity contribution < 1.29 is 9.53 Å². The minimum atomic E-state index is -0.235. The molecule has 2 N–H and O–H groups in total. The van der Waals surface area contributed by atoms with E-state index in [4.69, 9.17) is 28.6 Å². The van der Waals surface area contributed by atoms with Gasteiger partial charge < -0.3 is 24.8 Å². The van der Waals surface area contributed by atoms with Gasteiger partial charge in [0.1, 0.15) is 11.8 Å². The number of aromatic nitrogens is 2. The third kappa shape index (κ3) is 5.48. The molecule has 1 aliphatic rings. The van der Waals surface area contributed by atoms with Gasteiger partial charge >= 0.3 is 0 Å². The third-order valence-corrected chi connectivity index (χ3v) is 7.25. The molecule has 200 valence electrons. The highest BCUT2D eigenvalue weighted by Crippen LogP contribution is 2.43. The van der Waals surface area contributed by atoms with Crippen LogP contribution in [0.4, 0.5) is 11.4 Å². The summed E-state index contributed by atoms with van der Waals surface area (Å²) in [5, 5.41) is 7.38. The highest BCUT2D eigenvalue weighted by Gasteiger charge is 2.42. The molecule has 0 radical (unpaired) electrons. The van der Waals surface area contributed by atoms with Crippen LogP contribution in [-0.4, -0.2) is 27.2 Å². The number of nitrogens with zero attached hydrogens (tertiary/aromatic N) is 3. The molecule has 1 fully saturated rings. The molecular formula is C30H30ClN5O2S. The number of thiocarbonyl (C=S) groups is 1. The number of benzene rings is 2. The van der Waals surface area contributed by atoms with Crippen molar-refractivity contribution in [2.75, 3.05) is 16.8 Å². The molecule has 7 nitrogen and oxygen atoms in total. The van der Waals surface area contributed by atoms with Gasteiger partial charge in [-0.2, -0.15) is 0 Å². The van der Waals surface area contributed by atoms with Gasteiger partial charge in [0.15, 0.2) is 5.11 Å². The number of carbonyl (C=O) groups excluding carboxylic acids is 1. The number of carbonyl (C=O) groups is 1. The number of nitrogens with one attached hydrogen (secondary N) is 2. The van der Waals surface area contributed by atoms with Gasteiger partial charge in [-0.05, 0) is 85.9 Å². The summed E-state index contributed by atoms with van der Waals surface area (Å²) < 4.78 is 7.79. The lowest BCUT2D eigenvalue weighted by atomic mass is 10.0. The summed E-state index contributed by atoms with van der Waals surface area (Å²) in [5.74, 6) is 0.574. The molecule has 0 aliphatic carbocycles. The van der Waals surface area contributed by atoms with E-state index in [1.54, 1.807) is 6.20 Å². The van der Waals surface area contributed by atoms with Gasteiger partial charge in [-0.15, -0.1) is 0 Å². The summed E-state index contributed by atoms with van der Waals surface area (Å²) in [7, 11) is 0. The van der Waals surface area contributed by atoms with Gasteiger partial charge in [0.25, 0.3) is 0 Å². The molecule has 2 atom stereocenters. The predicted octanol–water partition coefficient (Wildman–Crippen LogP) is 6.70. The topological polar surface area (TPSA) is 71.4 Å². The first-order valence-electron chi connectivity index (χ1n) is 12.9. The van der Waals surface area contributed by atoms with Crippen molar-refractivity contribution in [3.63, 3.8) is 0 Å². The van der Waals surface area contributed by atoms with Crippen LogP contribution in [0.1, 0.15) is 44.2 Å². The van der Waals surface area contributed by atoms with Crippen LogP contribution in [0.5, 0.6) is 5.75 Å². The molecule has 9 heteroatoms. The Morgan fingerprint density at radius 3 is 2.54 bits per heavy atom. The van der Waals surface area contributed by atoms with Crippen molar-refractivity contribution in [3.8, 4) is 11.4 Å². The van der Waals surface area contributed by atoms with E-state index in [-0.39, 0.29) is 23.9 Å². The van der Waals surface area contributed by atoms with Crippen molar-refractivity contribution in [2.45, 2.75) is 32.9 Å². The van der Waals surface area contributed by atoms with Crippen molar-refractivity contribution in [1.29, 1.82) is 0 Å². The van der Waals surface area contributed by atoms with Crippen molar-refractivity contribution in [1.82, 2.24) is 14.9 Å². The van der Waals surface area contributed by atoms with E-state index >= 15 is 0 Å². The number of hydrogen-bond donors (Lipinski definition) is 2. The molecular weight excluding hydrogens is 530 g/mol. The number of halogens is 1. The summed E-state index contributed by atoms with van der Waals surface area (Å²) in [6.45, 7) is 6.27. The first-order valence-corrected chi connectivity index (χ1v) is 13.7. The average molecular weight is 560 g/mol. The Bertz CT molecular complexity index is 1470. The quantitative estimate of drug-likeness (QED) is 0.234. The molecule has 2 aromatic carbocycles. The maximum absolute atomic E-state index is 12.3. The zero-order valence-corrected chi connectivity index (χ0v) is 23.5. The molecule has 0 spiro atoms. The smallest absolute Gasteiger partial charge is 0.226 e. The van der Waals surface area contributed by atoms with E-state index in [9.17, 15) is 4.79 Å². The summed E-state index contributed by atoms with van der Waals surface area (Å²) in [4.78, 5) is 19.0. The van der Waals surface area contributed by atoms with Gasteiger partial charge in [0, 0.05) is 35.4 Å². The standard InChI is InChI=1S/C30H30ClN5O2S/c1-4-38-22-13-10-20(11-14-22)35-17-7-9-26(35)28-27(25-8-5-6-16-32-25)34-30(39)36(28)21-12-15-24(23(31)18-21)33-29(37)19(2)3/h5-19,27-28H,4H2,1-3H3,(H,33,37)(H,34,39)/t27-,28-/m0/s1. The second-order valence-corrected chi connectivity index (χ2v) is 10.3. The second kappa shape index (κ2) is 11.5. The van der Waals surface area contributed by atoms with Gasteiger partial charge in [0.2, 0.25) is 5.91 Å². The number of amides is 1. The molecule has 1 aliphatic heterocycles. The van der Waals surface area contributed by atoms with Gasteiger partial charge in [-0.3, -0.25) is 9.78 Å². The van der Waals surface area contributed by atoms with E-state index < -0.39 is 0 Å². The largest absolute Gasteiger partial charge is 0.494 e. The monoisotopic (exact) mass is 559 g/mol. The maximum atomic E-state index is 12.3. The van der Waals surface area contributed by atoms with Crippen molar-refractivity contribution >= 4 is 46.2 Å². The van der Waals surface area contributed by atoms with Crippen LogP contribution >= 0.6 is 23.8 Å². The first-order chi connectivity index (χ1) is 18.9. The Morgan fingerprint density at radius 2 is 1.87 bits per heavy atom. The Kier molecular flexibility index (Phi) is 7.86. The molecule has 3 heterocycles. The Labute approximate surface area is 238 Å². The number of pyridine rings is 1. The summed E-state index contributed by atoms with van der Waals surface area (Å²) in [5.41, 5.74) is 4.27. The molecule has 5 rings (SSSR count). The highest BCUT2D eigenvalue weighted by molar-refractivity contribution is 7.80. The fourth-order valence-electron chi connectivity index (χ4n) is 4.71. The van der Waals surface area contributed by atoms with Crippen LogP contribution in [0.3, 0.4) is 0 Å². The highest BCUT2D eigenvalue weighted by atomic mass is 35.5. The number of anilines is 2. The van der Waals surface area contributed by atoms with E-state index in [0.29, 0.717) is 22.4 Å². The molecule has 4 aromatic rings. The van der Waals surface area contributed by atoms with E-state index in [2.05, 4.69) is 31.2 Å². The molecule has 0 saturated carbocycles. The normalized spacial score (nSPS) is 16.8. The maximum Gasteiger partial charge on any atom is 0.226 e. The van der Waals surface area contributed by atoms with Crippen LogP contribution in [-0.2, 0) is 4.79 Å². The third-order valence-electron chi connectivity index (χ3n) is 6.62. The lowest BCUT2D eigenvalue weighted by Crippen LogP contribution is -2.30. The molecule has 2 aromatic heterocycles. The number of ether oxygens (including phenoxy) is 1. The summed E-state index contributed by atoms with van der Waals surface area (Å²) >= 11 is 12.5. The first kappa shape index (κ1) is 26.7. The number of hydrogen-bond acceptors (Lipinski definition) is 4. The average Bonchev–Trinajstić information content (AvgIpc) is 3.55. The summed E-state index contributed by atoms with van der Waals surface area (Å²) in [6, 6.07) is 23.1. The predicted molar refractivity (Wildman–Crippen MR) is 160 cm³/mol. The minimum Gasteiger partial charge on any atom is -0.494 e. The van der Waals surface area contributed by atoms with Gasteiger partial charge in [0.05, 0.1) is 29.1 Å². The van der Waals surface area contributed by atoms with Crippen LogP contribution in [0.15, 0.2) is 85.2 Å². The molecule has 0 unspecified atom stereocenters. The van der Waals surface area contributed by atoms with E-state index in [1.165, 1.54) is 0 Å². The lowest BCUT2D eigenvalue weighted by Gasteiger charge is -2.29. The van der Waals surface area contributed by atoms with Crippen LogP contribution < -0.4 is 20.3 Å². The summed E-state index contributed by atoms with van der Waals surface area (Å²) in [6.07, 6.45) is 3.83.